The van der Waals surface area contributed by atoms with E-state index in [2.05, 4.69) is 48.8 Å². The van der Waals surface area contributed by atoms with Crippen molar-refractivity contribution in [2.75, 3.05) is 0 Å². The molecule has 1 amide bonds. The Morgan fingerprint density at radius 1 is 1.58 bits per heavy atom. The number of carbonyl (C=O) groups is 2. The van der Waals surface area contributed by atoms with Crippen LogP contribution in [0.4, 0.5) is 4.79 Å². The molecule has 0 fully saturated rings. The third-order valence-electron chi connectivity index (χ3n) is 2.85. The van der Waals surface area contributed by atoms with E-state index in [4.69, 9.17) is 20.8 Å². The van der Waals surface area contributed by atoms with E-state index < -0.39 is 17.7 Å². The molecule has 2 aromatic rings. The van der Waals surface area contributed by atoms with Crippen LogP contribution in [-0.2, 0) is 16.0 Å². The van der Waals surface area contributed by atoms with E-state index in [9.17, 15) is 9.59 Å². The van der Waals surface area contributed by atoms with Gasteiger partial charge < -0.3 is 19.3 Å². The van der Waals surface area contributed by atoms with Gasteiger partial charge in [-0.2, -0.15) is 0 Å². The minimum atomic E-state index is -0.787. The van der Waals surface area contributed by atoms with E-state index in [1.165, 1.54) is 0 Å². The molecule has 0 unspecified atom stereocenters. The zero-order chi connectivity index (χ0) is 18.1. The number of halogens is 3. The highest BCUT2D eigenvalue weighted by Gasteiger charge is 2.23. The Balaban J connectivity index is 2.21. The minimum absolute atomic E-state index is 0.160. The summed E-state index contributed by atoms with van der Waals surface area (Å²) in [4.78, 5) is 27.3. The maximum Gasteiger partial charge on any atom is 0.408 e. The van der Waals surface area contributed by atoms with Crippen molar-refractivity contribution in [1.29, 1.82) is 0 Å². The SMILES string of the molecule is CC(C)(C)OC(=O)N[C@@H](C=O)Cc1oc2c(I)cc(Cl)nc2c1Br. The number of aldehydes is 1. The number of nitrogens with zero attached hydrogens (tertiary/aromatic N) is 1. The molecule has 24 heavy (non-hydrogen) atoms. The molecule has 0 aliphatic rings. The summed E-state index contributed by atoms with van der Waals surface area (Å²) in [5, 5.41) is 2.86. The van der Waals surface area contributed by atoms with Gasteiger partial charge in [-0.3, -0.25) is 0 Å². The van der Waals surface area contributed by atoms with E-state index in [1.807, 2.05) is 0 Å². The van der Waals surface area contributed by atoms with Gasteiger partial charge in [0.2, 0.25) is 0 Å². The first kappa shape index (κ1) is 19.5. The Labute approximate surface area is 165 Å². The molecule has 0 saturated heterocycles. The summed E-state index contributed by atoms with van der Waals surface area (Å²) < 4.78 is 12.3. The predicted molar refractivity (Wildman–Crippen MR) is 102 cm³/mol. The molecule has 1 atom stereocenters. The Kier molecular flexibility index (Phi) is 6.14. The molecule has 0 saturated carbocycles. The third-order valence-corrected chi connectivity index (χ3v) is 4.66. The Morgan fingerprint density at radius 3 is 2.83 bits per heavy atom. The zero-order valence-corrected chi connectivity index (χ0v) is 17.7. The number of nitrogens with one attached hydrogen (secondary N) is 1. The number of ether oxygens (including phenoxy) is 1. The van der Waals surface area contributed by atoms with E-state index in [-0.39, 0.29) is 6.42 Å². The van der Waals surface area contributed by atoms with Crippen LogP contribution in [0.5, 0.6) is 0 Å². The van der Waals surface area contributed by atoms with Gasteiger partial charge in [0.05, 0.1) is 14.1 Å². The van der Waals surface area contributed by atoms with Crippen LogP contribution in [0.25, 0.3) is 11.1 Å². The number of rotatable bonds is 4. The highest BCUT2D eigenvalue weighted by Crippen LogP contribution is 2.34. The van der Waals surface area contributed by atoms with E-state index >= 15 is 0 Å². The van der Waals surface area contributed by atoms with Crippen molar-refractivity contribution in [3.8, 4) is 0 Å². The molecular weight excluding hydrogens is 514 g/mol. The highest BCUT2D eigenvalue weighted by atomic mass is 127. The lowest BCUT2D eigenvalue weighted by Gasteiger charge is -2.21. The lowest BCUT2D eigenvalue weighted by Crippen LogP contribution is -2.41. The molecule has 0 aromatic carbocycles. The lowest BCUT2D eigenvalue weighted by molar-refractivity contribution is -0.109. The topological polar surface area (TPSA) is 81.4 Å². The molecule has 0 aliphatic carbocycles. The number of hydrogen-bond donors (Lipinski definition) is 1. The average molecular weight is 530 g/mol. The van der Waals surface area contributed by atoms with Crippen molar-refractivity contribution in [2.24, 2.45) is 0 Å². The van der Waals surface area contributed by atoms with Gasteiger partial charge in [0.25, 0.3) is 0 Å². The first-order valence-corrected chi connectivity index (χ1v) is 9.23. The fourth-order valence-corrected chi connectivity index (χ4v) is 3.49. The predicted octanol–water partition coefficient (Wildman–Crippen LogP) is 4.48. The number of aromatic nitrogens is 1. The Morgan fingerprint density at radius 2 is 2.25 bits per heavy atom. The molecule has 0 bridgehead atoms. The summed E-state index contributed by atoms with van der Waals surface area (Å²) in [5.74, 6) is 0.492. The molecule has 2 rings (SSSR count). The smallest absolute Gasteiger partial charge is 0.408 e. The number of fused-ring (bicyclic) bond motifs is 1. The van der Waals surface area contributed by atoms with Crippen molar-refractivity contribution in [2.45, 2.75) is 38.8 Å². The molecule has 6 nitrogen and oxygen atoms in total. The van der Waals surface area contributed by atoms with Gasteiger partial charge in [0.1, 0.15) is 28.3 Å². The fraction of sp³-hybridized carbons (Fsp3) is 0.400. The summed E-state index contributed by atoms with van der Waals surface area (Å²) in [7, 11) is 0. The third kappa shape index (κ3) is 4.82. The summed E-state index contributed by atoms with van der Waals surface area (Å²) in [5.41, 5.74) is 0.501. The summed E-state index contributed by atoms with van der Waals surface area (Å²) >= 11 is 11.5. The Hall–Kier alpha value is -0.870. The molecule has 2 heterocycles. The maximum atomic E-state index is 11.8. The molecule has 9 heteroatoms. The maximum absolute atomic E-state index is 11.8. The zero-order valence-electron chi connectivity index (χ0n) is 13.2. The summed E-state index contributed by atoms with van der Waals surface area (Å²) in [6, 6.07) is 0.894. The van der Waals surface area contributed by atoms with Crippen LogP contribution in [0.3, 0.4) is 0 Å². The monoisotopic (exact) mass is 528 g/mol. The van der Waals surface area contributed by atoms with Crippen molar-refractivity contribution >= 4 is 73.6 Å². The standard InChI is InChI=1S/C15H15BrClIN2O4/c1-15(2,3)24-14(22)19-7(6-21)4-9-11(16)12-13(23-9)8(18)5-10(17)20-12/h5-7H,4H2,1-3H3,(H,19,22)/t7-/m1/s1. The first-order valence-electron chi connectivity index (χ1n) is 6.98. The molecule has 0 radical (unpaired) electrons. The number of hydrogen-bond acceptors (Lipinski definition) is 5. The van der Waals surface area contributed by atoms with Gasteiger partial charge in [-0.25, -0.2) is 9.78 Å². The van der Waals surface area contributed by atoms with Crippen LogP contribution in [0, 0.1) is 3.57 Å². The molecular formula is C15H15BrClIN2O4. The van der Waals surface area contributed by atoms with Crippen molar-refractivity contribution < 1.29 is 18.7 Å². The van der Waals surface area contributed by atoms with Crippen LogP contribution in [-0.4, -0.2) is 29.0 Å². The molecule has 2 aromatic heterocycles. The number of alkyl carbamates (subject to hydrolysis) is 1. The summed E-state index contributed by atoms with van der Waals surface area (Å²) in [6.45, 7) is 5.24. The van der Waals surface area contributed by atoms with Crippen LogP contribution in [0.1, 0.15) is 26.5 Å². The normalized spacial score (nSPS) is 12.9. The Bertz CT molecular complexity index is 788. The van der Waals surface area contributed by atoms with Crippen LogP contribution >= 0.6 is 50.1 Å². The second-order valence-electron chi connectivity index (χ2n) is 6.04. The average Bonchev–Trinajstić information content (AvgIpc) is 2.74. The van der Waals surface area contributed by atoms with Gasteiger partial charge in [-0.05, 0) is 65.4 Å². The number of furan rings is 1. The molecule has 0 spiro atoms. The van der Waals surface area contributed by atoms with Gasteiger partial charge in [-0.1, -0.05) is 11.6 Å². The molecule has 0 aliphatic heterocycles. The minimum Gasteiger partial charge on any atom is -0.457 e. The van der Waals surface area contributed by atoms with Gasteiger partial charge in [0, 0.05) is 6.42 Å². The number of pyridine rings is 1. The second-order valence-corrected chi connectivity index (χ2v) is 8.38. The molecule has 130 valence electrons. The summed E-state index contributed by atoms with van der Waals surface area (Å²) in [6.07, 6.45) is 0.130. The number of carbonyl (C=O) groups excluding carboxylic acids is 2. The van der Waals surface area contributed by atoms with Crippen LogP contribution < -0.4 is 5.32 Å². The highest BCUT2D eigenvalue weighted by molar-refractivity contribution is 14.1. The van der Waals surface area contributed by atoms with Gasteiger partial charge >= 0.3 is 6.09 Å². The van der Waals surface area contributed by atoms with E-state index in [1.54, 1.807) is 26.8 Å². The first-order chi connectivity index (χ1) is 11.1. The quantitative estimate of drug-likeness (QED) is 0.359. The number of amides is 1. The lowest BCUT2D eigenvalue weighted by atomic mass is 10.2. The molecule has 1 N–H and O–H groups in total. The van der Waals surface area contributed by atoms with Crippen molar-refractivity contribution in [3.05, 3.63) is 25.0 Å². The second kappa shape index (κ2) is 7.57. The van der Waals surface area contributed by atoms with Crippen molar-refractivity contribution in [3.63, 3.8) is 0 Å². The van der Waals surface area contributed by atoms with E-state index in [0.717, 1.165) is 3.57 Å². The van der Waals surface area contributed by atoms with Crippen LogP contribution in [0.2, 0.25) is 5.15 Å². The fourth-order valence-electron chi connectivity index (χ4n) is 1.94. The van der Waals surface area contributed by atoms with E-state index in [0.29, 0.717) is 32.8 Å². The van der Waals surface area contributed by atoms with Gasteiger partial charge in [0.15, 0.2) is 5.58 Å². The largest absolute Gasteiger partial charge is 0.457 e. The van der Waals surface area contributed by atoms with Gasteiger partial charge in [-0.15, -0.1) is 0 Å². The van der Waals surface area contributed by atoms with Crippen LogP contribution in [0.15, 0.2) is 15.0 Å². The van der Waals surface area contributed by atoms with Crippen molar-refractivity contribution in [1.82, 2.24) is 10.3 Å².